The summed E-state index contributed by atoms with van der Waals surface area (Å²) >= 11 is 0. The molecule has 1 unspecified atom stereocenters. The summed E-state index contributed by atoms with van der Waals surface area (Å²) in [5.41, 5.74) is 6.11. The minimum atomic E-state index is -0.969. The minimum absolute atomic E-state index is 0.0846. The SMILES string of the molecule is CCN1CCC(NC(=O)C(C)(N)c2ccccc2)CC1. The minimum Gasteiger partial charge on any atom is -0.351 e. The van der Waals surface area contributed by atoms with Crippen LogP contribution in [0.1, 0.15) is 32.3 Å². The molecule has 3 N–H and O–H groups in total. The molecule has 0 radical (unpaired) electrons. The summed E-state index contributed by atoms with van der Waals surface area (Å²) in [7, 11) is 0. The third-order valence-electron chi connectivity index (χ3n) is 4.22. The Kier molecular flexibility index (Phi) is 4.78. The van der Waals surface area contributed by atoms with E-state index in [4.69, 9.17) is 5.73 Å². The molecule has 0 bridgehead atoms. The number of nitrogens with zero attached hydrogens (tertiary/aromatic N) is 1. The van der Waals surface area contributed by atoms with Gasteiger partial charge in [-0.05, 0) is 31.9 Å². The lowest BCUT2D eigenvalue weighted by molar-refractivity contribution is -0.127. The van der Waals surface area contributed by atoms with Crippen LogP contribution in [0, 0.1) is 0 Å². The zero-order chi connectivity index (χ0) is 14.6. The molecule has 1 heterocycles. The van der Waals surface area contributed by atoms with Gasteiger partial charge in [-0.2, -0.15) is 0 Å². The van der Waals surface area contributed by atoms with Crippen molar-refractivity contribution in [3.8, 4) is 0 Å². The van der Waals surface area contributed by atoms with Crippen LogP contribution in [0.2, 0.25) is 0 Å². The lowest BCUT2D eigenvalue weighted by Gasteiger charge is -2.33. The molecule has 4 nitrogen and oxygen atoms in total. The number of carbonyl (C=O) groups excluding carboxylic acids is 1. The third kappa shape index (κ3) is 3.38. The van der Waals surface area contributed by atoms with Gasteiger partial charge in [0.15, 0.2) is 0 Å². The van der Waals surface area contributed by atoms with E-state index in [-0.39, 0.29) is 11.9 Å². The highest BCUT2D eigenvalue weighted by atomic mass is 16.2. The number of hydrogen-bond acceptors (Lipinski definition) is 3. The van der Waals surface area contributed by atoms with Crippen molar-refractivity contribution >= 4 is 5.91 Å². The zero-order valence-electron chi connectivity index (χ0n) is 12.4. The highest BCUT2D eigenvalue weighted by molar-refractivity contribution is 5.87. The molecule has 0 aliphatic carbocycles. The lowest BCUT2D eigenvalue weighted by Crippen LogP contribution is -2.54. The van der Waals surface area contributed by atoms with Gasteiger partial charge in [0.25, 0.3) is 0 Å². The number of carbonyl (C=O) groups is 1. The summed E-state index contributed by atoms with van der Waals surface area (Å²) in [5.74, 6) is -0.0846. The first kappa shape index (κ1) is 15.0. The van der Waals surface area contributed by atoms with Crippen LogP contribution in [0.15, 0.2) is 30.3 Å². The second kappa shape index (κ2) is 6.37. The van der Waals surface area contributed by atoms with Gasteiger partial charge in [0.2, 0.25) is 5.91 Å². The number of nitrogens with one attached hydrogen (secondary N) is 1. The molecule has 1 saturated heterocycles. The quantitative estimate of drug-likeness (QED) is 0.874. The van der Waals surface area contributed by atoms with Gasteiger partial charge in [0, 0.05) is 19.1 Å². The van der Waals surface area contributed by atoms with E-state index in [1.807, 2.05) is 30.3 Å². The normalized spacial score (nSPS) is 20.4. The van der Waals surface area contributed by atoms with E-state index >= 15 is 0 Å². The van der Waals surface area contributed by atoms with Crippen LogP contribution in [0.4, 0.5) is 0 Å². The smallest absolute Gasteiger partial charge is 0.244 e. The first-order valence-corrected chi connectivity index (χ1v) is 7.41. The maximum absolute atomic E-state index is 12.4. The summed E-state index contributed by atoms with van der Waals surface area (Å²) in [6.07, 6.45) is 2.01. The Hall–Kier alpha value is -1.39. The lowest BCUT2D eigenvalue weighted by atomic mass is 9.91. The van der Waals surface area contributed by atoms with Gasteiger partial charge in [-0.1, -0.05) is 37.3 Å². The molecular weight excluding hydrogens is 250 g/mol. The number of hydrogen-bond donors (Lipinski definition) is 2. The summed E-state index contributed by atoms with van der Waals surface area (Å²) in [5, 5.41) is 3.11. The van der Waals surface area contributed by atoms with Crippen molar-refractivity contribution in [1.29, 1.82) is 0 Å². The standard InChI is InChI=1S/C16H25N3O/c1-3-19-11-9-14(10-12-19)18-15(20)16(2,17)13-7-5-4-6-8-13/h4-8,14H,3,9-12,17H2,1-2H3,(H,18,20). The van der Waals surface area contributed by atoms with Crippen LogP contribution >= 0.6 is 0 Å². The molecule has 1 fully saturated rings. The maximum Gasteiger partial charge on any atom is 0.244 e. The van der Waals surface area contributed by atoms with Crippen LogP contribution in [-0.2, 0) is 10.3 Å². The predicted octanol–water partition coefficient (Wildman–Crippen LogP) is 1.46. The van der Waals surface area contributed by atoms with E-state index in [2.05, 4.69) is 17.1 Å². The molecule has 1 amide bonds. The molecule has 4 heteroatoms. The van der Waals surface area contributed by atoms with Crippen molar-refractivity contribution in [3.05, 3.63) is 35.9 Å². The van der Waals surface area contributed by atoms with E-state index in [1.54, 1.807) is 6.92 Å². The predicted molar refractivity (Wildman–Crippen MR) is 81.3 cm³/mol. The van der Waals surface area contributed by atoms with Crippen LogP contribution in [0.3, 0.4) is 0 Å². The molecule has 1 atom stereocenters. The highest BCUT2D eigenvalue weighted by Gasteiger charge is 2.32. The Labute approximate surface area is 121 Å². The summed E-state index contributed by atoms with van der Waals surface area (Å²) in [6, 6.07) is 9.80. The van der Waals surface area contributed by atoms with Crippen molar-refractivity contribution in [3.63, 3.8) is 0 Å². The highest BCUT2D eigenvalue weighted by Crippen LogP contribution is 2.19. The number of benzene rings is 1. The largest absolute Gasteiger partial charge is 0.351 e. The molecule has 0 saturated carbocycles. The van der Waals surface area contributed by atoms with Gasteiger partial charge in [0.05, 0.1) is 0 Å². The van der Waals surface area contributed by atoms with E-state index in [0.717, 1.165) is 38.0 Å². The Bertz CT molecular complexity index is 436. The Morgan fingerprint density at radius 1 is 1.35 bits per heavy atom. The molecule has 1 aliphatic rings. The average molecular weight is 275 g/mol. The van der Waals surface area contributed by atoms with Gasteiger partial charge in [-0.3, -0.25) is 4.79 Å². The molecule has 0 spiro atoms. The van der Waals surface area contributed by atoms with E-state index in [0.29, 0.717) is 0 Å². The number of piperidine rings is 1. The number of rotatable bonds is 4. The summed E-state index contributed by atoms with van der Waals surface area (Å²) in [4.78, 5) is 14.8. The molecule has 1 aliphatic heterocycles. The van der Waals surface area contributed by atoms with Gasteiger partial charge in [0.1, 0.15) is 5.54 Å². The van der Waals surface area contributed by atoms with Crippen molar-refractivity contribution < 1.29 is 4.79 Å². The van der Waals surface area contributed by atoms with Crippen molar-refractivity contribution in [2.24, 2.45) is 5.73 Å². The molecule has 1 aromatic rings. The van der Waals surface area contributed by atoms with Gasteiger partial charge in [-0.15, -0.1) is 0 Å². The van der Waals surface area contributed by atoms with E-state index in [1.165, 1.54) is 0 Å². The topological polar surface area (TPSA) is 58.4 Å². The zero-order valence-corrected chi connectivity index (χ0v) is 12.4. The van der Waals surface area contributed by atoms with Gasteiger partial charge in [-0.25, -0.2) is 0 Å². The molecule has 2 rings (SSSR count). The van der Waals surface area contributed by atoms with Crippen LogP contribution in [0.5, 0.6) is 0 Å². The van der Waals surface area contributed by atoms with E-state index in [9.17, 15) is 4.79 Å². The number of likely N-dealkylation sites (tertiary alicyclic amines) is 1. The number of nitrogens with two attached hydrogens (primary N) is 1. The first-order chi connectivity index (χ1) is 9.54. The monoisotopic (exact) mass is 275 g/mol. The fourth-order valence-corrected chi connectivity index (χ4v) is 2.64. The fraction of sp³-hybridized carbons (Fsp3) is 0.562. The molecule has 110 valence electrons. The van der Waals surface area contributed by atoms with Crippen LogP contribution in [0.25, 0.3) is 0 Å². The number of amides is 1. The van der Waals surface area contributed by atoms with Crippen molar-refractivity contribution in [2.75, 3.05) is 19.6 Å². The van der Waals surface area contributed by atoms with Crippen molar-refractivity contribution in [2.45, 2.75) is 38.3 Å². The molecule has 0 aromatic heterocycles. The molecule has 20 heavy (non-hydrogen) atoms. The third-order valence-corrected chi connectivity index (χ3v) is 4.22. The van der Waals surface area contributed by atoms with Gasteiger partial charge >= 0.3 is 0 Å². The Morgan fingerprint density at radius 2 is 1.95 bits per heavy atom. The average Bonchev–Trinajstić information content (AvgIpc) is 2.49. The van der Waals surface area contributed by atoms with Crippen molar-refractivity contribution in [1.82, 2.24) is 10.2 Å². The van der Waals surface area contributed by atoms with E-state index < -0.39 is 5.54 Å². The summed E-state index contributed by atoms with van der Waals surface area (Å²) in [6.45, 7) is 7.13. The first-order valence-electron chi connectivity index (χ1n) is 7.41. The van der Waals surface area contributed by atoms with Gasteiger partial charge < -0.3 is 16.0 Å². The second-order valence-corrected chi connectivity index (χ2v) is 5.75. The summed E-state index contributed by atoms with van der Waals surface area (Å²) < 4.78 is 0. The molecular formula is C16H25N3O. The fourth-order valence-electron chi connectivity index (χ4n) is 2.64. The second-order valence-electron chi connectivity index (χ2n) is 5.75. The van der Waals surface area contributed by atoms with Crippen LogP contribution < -0.4 is 11.1 Å². The van der Waals surface area contributed by atoms with Crippen LogP contribution in [-0.4, -0.2) is 36.5 Å². The molecule has 1 aromatic carbocycles. The maximum atomic E-state index is 12.4. The Balaban J connectivity index is 1.95. The Morgan fingerprint density at radius 3 is 2.50 bits per heavy atom.